The van der Waals surface area contributed by atoms with Crippen LogP contribution in [0, 0.1) is 0 Å². The number of aliphatic hydroxyl groups is 1. The van der Waals surface area contributed by atoms with Crippen LogP contribution in [0.5, 0.6) is 0 Å². The van der Waals surface area contributed by atoms with Gasteiger partial charge in [-0.1, -0.05) is 13.8 Å². The number of fused-ring (bicyclic) bond motifs is 1. The second-order valence-corrected chi connectivity index (χ2v) is 8.47. The van der Waals surface area contributed by atoms with Crippen LogP contribution in [-0.4, -0.2) is 80.8 Å². The van der Waals surface area contributed by atoms with E-state index in [4.69, 9.17) is 4.74 Å². The summed E-state index contributed by atoms with van der Waals surface area (Å²) in [5.74, 6) is 0.396. The molecule has 3 rings (SSSR count). The van der Waals surface area contributed by atoms with Crippen LogP contribution in [0.15, 0.2) is 22.1 Å². The van der Waals surface area contributed by atoms with Crippen molar-refractivity contribution in [3.05, 3.63) is 22.7 Å². The maximum Gasteiger partial charge on any atom is 0.410 e. The monoisotopic (exact) mass is 434 g/mol. The highest BCUT2D eigenvalue weighted by Crippen LogP contribution is 2.28. The molecule has 2 aromatic rings. The average Bonchev–Trinajstić information content (AvgIpc) is 3.02. The van der Waals surface area contributed by atoms with E-state index in [-0.39, 0.29) is 18.8 Å². The van der Waals surface area contributed by atoms with Gasteiger partial charge in [0.15, 0.2) is 5.82 Å². The number of amides is 1. The van der Waals surface area contributed by atoms with E-state index in [0.717, 1.165) is 0 Å². The second kappa shape index (κ2) is 9.95. The number of aromatic amines is 1. The van der Waals surface area contributed by atoms with E-state index < -0.39 is 23.8 Å². The fourth-order valence-corrected chi connectivity index (χ4v) is 3.38. The predicted molar refractivity (Wildman–Crippen MR) is 121 cm³/mol. The first-order chi connectivity index (χ1) is 14.5. The number of imidazole rings is 1. The lowest BCUT2D eigenvalue weighted by Gasteiger charge is -2.36. The Hall–Kier alpha value is -2.88. The number of carbonyl (C=O) groups is 1. The number of hydrogen-bond donors (Lipinski definition) is 2. The van der Waals surface area contributed by atoms with Gasteiger partial charge in [-0.15, -0.1) is 0 Å². The summed E-state index contributed by atoms with van der Waals surface area (Å²) < 4.78 is 6.99. The Morgan fingerprint density at radius 3 is 2.65 bits per heavy atom. The van der Waals surface area contributed by atoms with Crippen LogP contribution in [0.1, 0.15) is 47.1 Å². The molecule has 10 heteroatoms. The molecule has 1 fully saturated rings. The van der Waals surface area contributed by atoms with Crippen molar-refractivity contribution in [2.75, 3.05) is 27.2 Å². The fraction of sp³-hybridized carbons (Fsp3) is 0.619. The molecule has 0 spiro atoms. The van der Waals surface area contributed by atoms with Crippen LogP contribution in [-0.2, 0) is 4.74 Å². The number of aliphatic hydroxyl groups excluding tert-OH is 1. The van der Waals surface area contributed by atoms with Crippen molar-refractivity contribution in [2.45, 2.75) is 58.8 Å². The zero-order valence-electron chi connectivity index (χ0n) is 19.4. The normalized spacial score (nSPS) is 19.3. The molecule has 0 saturated carbocycles. The Balaban J connectivity index is 0.00000166. The highest BCUT2D eigenvalue weighted by Gasteiger charge is 2.34. The minimum atomic E-state index is -0.758. The van der Waals surface area contributed by atoms with Crippen LogP contribution in [0.4, 0.5) is 10.6 Å². The highest BCUT2D eigenvalue weighted by atomic mass is 16.6. The quantitative estimate of drug-likeness (QED) is 0.566. The maximum atomic E-state index is 12.7. The van der Waals surface area contributed by atoms with Crippen molar-refractivity contribution in [2.24, 2.45) is 4.99 Å². The van der Waals surface area contributed by atoms with E-state index in [0.29, 0.717) is 23.3 Å². The first kappa shape index (κ1) is 24.4. The molecule has 31 heavy (non-hydrogen) atoms. The van der Waals surface area contributed by atoms with Gasteiger partial charge < -0.3 is 24.6 Å². The SMILES string of the molecule is CC.CN(C)C=Nc1nccc2c1[nH]c(=O)n2[C@@H]1C[C@H](O)CN(C(=O)OC(C)(C)C)C1. The number of piperidine rings is 1. The number of pyridine rings is 1. The van der Waals surface area contributed by atoms with E-state index in [2.05, 4.69) is 15.0 Å². The third-order valence-corrected chi connectivity index (χ3v) is 4.45. The molecular weight excluding hydrogens is 400 g/mol. The van der Waals surface area contributed by atoms with Gasteiger partial charge in [-0.05, 0) is 33.3 Å². The highest BCUT2D eigenvalue weighted by molar-refractivity contribution is 5.86. The first-order valence-corrected chi connectivity index (χ1v) is 10.5. The molecule has 0 unspecified atom stereocenters. The maximum absolute atomic E-state index is 12.7. The van der Waals surface area contributed by atoms with Crippen molar-refractivity contribution in [1.82, 2.24) is 24.3 Å². The molecular formula is C21H34N6O4. The summed E-state index contributed by atoms with van der Waals surface area (Å²) in [7, 11) is 3.68. The van der Waals surface area contributed by atoms with Gasteiger partial charge in [0, 0.05) is 26.8 Å². The van der Waals surface area contributed by atoms with Gasteiger partial charge >= 0.3 is 11.8 Å². The number of rotatable bonds is 3. The number of nitrogens with zero attached hydrogens (tertiary/aromatic N) is 5. The topological polar surface area (TPSA) is 116 Å². The van der Waals surface area contributed by atoms with Gasteiger partial charge in [-0.25, -0.2) is 19.6 Å². The summed E-state index contributed by atoms with van der Waals surface area (Å²) in [4.78, 5) is 39.8. The van der Waals surface area contributed by atoms with E-state index >= 15 is 0 Å². The van der Waals surface area contributed by atoms with Gasteiger partial charge in [-0.3, -0.25) is 4.57 Å². The molecule has 10 nitrogen and oxygen atoms in total. The minimum Gasteiger partial charge on any atom is -0.444 e. The molecule has 3 heterocycles. The number of H-pyrrole nitrogens is 1. The van der Waals surface area contributed by atoms with Crippen LogP contribution in [0.2, 0.25) is 0 Å². The summed E-state index contributed by atoms with van der Waals surface area (Å²) >= 11 is 0. The molecule has 0 radical (unpaired) electrons. The lowest BCUT2D eigenvalue weighted by atomic mass is 10.0. The van der Waals surface area contributed by atoms with Crippen LogP contribution < -0.4 is 5.69 Å². The standard InChI is InChI=1S/C19H28N6O4.C2H6/c1-19(2,3)29-18(28)24-9-12(8-13(26)10-24)25-14-6-7-20-16(21-11-23(4)5)15(14)22-17(25)27;1-2/h6-7,11-13,26H,8-10H2,1-5H3,(H,22,27);1-2H3/t12-,13+;/m1./s1. The van der Waals surface area contributed by atoms with Crippen LogP contribution >= 0.6 is 0 Å². The summed E-state index contributed by atoms with van der Waals surface area (Å²) in [5.41, 5.74) is 0.161. The molecule has 0 bridgehead atoms. The number of ether oxygens (including phenoxy) is 1. The number of aliphatic imine (C=N–C) groups is 1. The zero-order valence-corrected chi connectivity index (χ0v) is 19.4. The second-order valence-electron chi connectivity index (χ2n) is 8.47. The van der Waals surface area contributed by atoms with Gasteiger partial charge in [-0.2, -0.15) is 0 Å². The number of nitrogens with one attached hydrogen (secondary N) is 1. The summed E-state index contributed by atoms with van der Waals surface area (Å²) in [5, 5.41) is 10.3. The first-order valence-electron chi connectivity index (χ1n) is 10.5. The molecule has 1 aliphatic heterocycles. The number of likely N-dealkylation sites (tertiary alicyclic amines) is 1. The Morgan fingerprint density at radius 2 is 2.03 bits per heavy atom. The predicted octanol–water partition coefficient (Wildman–Crippen LogP) is 2.51. The molecule has 2 N–H and O–H groups in total. The number of carbonyl (C=O) groups excluding carboxylic acids is 1. The lowest BCUT2D eigenvalue weighted by Crippen LogP contribution is -2.49. The summed E-state index contributed by atoms with van der Waals surface area (Å²) in [6.07, 6.45) is 2.27. The smallest absolute Gasteiger partial charge is 0.410 e. The molecule has 172 valence electrons. The van der Waals surface area contributed by atoms with Crippen molar-refractivity contribution in [1.29, 1.82) is 0 Å². The molecule has 1 saturated heterocycles. The Labute approximate surface area is 182 Å². The summed E-state index contributed by atoms with van der Waals surface area (Å²) in [6, 6.07) is 1.32. The molecule has 2 atom stereocenters. The number of hydrogen-bond acceptors (Lipinski definition) is 6. The molecule has 1 amide bonds. The van der Waals surface area contributed by atoms with Gasteiger partial charge in [0.25, 0.3) is 0 Å². The largest absolute Gasteiger partial charge is 0.444 e. The third kappa shape index (κ3) is 6.06. The van der Waals surface area contributed by atoms with Gasteiger partial charge in [0.2, 0.25) is 0 Å². The molecule has 0 aromatic carbocycles. The molecule has 2 aromatic heterocycles. The fourth-order valence-electron chi connectivity index (χ4n) is 3.38. The van der Waals surface area contributed by atoms with E-state index in [9.17, 15) is 14.7 Å². The van der Waals surface area contributed by atoms with Gasteiger partial charge in [0.1, 0.15) is 11.1 Å². The lowest BCUT2D eigenvalue weighted by molar-refractivity contribution is -0.00564. The number of aromatic nitrogens is 3. The van der Waals surface area contributed by atoms with Crippen molar-refractivity contribution >= 4 is 29.3 Å². The Bertz CT molecular complexity index is 972. The van der Waals surface area contributed by atoms with Crippen molar-refractivity contribution in [3.8, 4) is 0 Å². The number of β-amino-alcohol motifs (C(OH)–C–C–N with tert-alkyl or cyclic N) is 1. The molecule has 0 aliphatic carbocycles. The van der Waals surface area contributed by atoms with Crippen LogP contribution in [0.25, 0.3) is 11.0 Å². The van der Waals surface area contributed by atoms with Gasteiger partial charge in [0.05, 0.1) is 30.5 Å². The molecule has 1 aliphatic rings. The third-order valence-electron chi connectivity index (χ3n) is 4.45. The zero-order chi connectivity index (χ0) is 23.3. The van der Waals surface area contributed by atoms with Crippen LogP contribution in [0.3, 0.4) is 0 Å². The van der Waals surface area contributed by atoms with Crippen molar-refractivity contribution < 1.29 is 14.6 Å². The minimum absolute atomic E-state index is 0.169. The Kier molecular flexibility index (Phi) is 7.83. The van der Waals surface area contributed by atoms with E-state index in [1.807, 2.05) is 27.9 Å². The average molecular weight is 435 g/mol. The van der Waals surface area contributed by atoms with E-state index in [1.54, 1.807) is 48.8 Å². The van der Waals surface area contributed by atoms with E-state index in [1.165, 1.54) is 4.90 Å². The summed E-state index contributed by atoms with van der Waals surface area (Å²) in [6.45, 7) is 9.79. The Morgan fingerprint density at radius 1 is 1.35 bits per heavy atom. The van der Waals surface area contributed by atoms with Crippen molar-refractivity contribution in [3.63, 3.8) is 0 Å².